The fraction of sp³-hybridized carbons (Fsp3) is 0.111. The minimum atomic E-state index is -3.78. The molecule has 1 aromatic heterocycles. The molecular formula is C9H7ClO3S. The predicted octanol–water partition coefficient (Wildman–Crippen LogP) is 2.67. The summed E-state index contributed by atoms with van der Waals surface area (Å²) >= 11 is 0. The quantitative estimate of drug-likeness (QED) is 0.708. The van der Waals surface area contributed by atoms with Gasteiger partial charge >= 0.3 is 0 Å². The highest BCUT2D eigenvalue weighted by Crippen LogP contribution is 2.26. The molecule has 14 heavy (non-hydrogen) atoms. The van der Waals surface area contributed by atoms with Gasteiger partial charge in [-0.2, -0.15) is 0 Å². The molecule has 0 aliphatic carbocycles. The molecule has 2 aromatic rings. The third kappa shape index (κ3) is 1.51. The molecule has 3 nitrogen and oxygen atoms in total. The molecule has 0 aliphatic rings. The minimum absolute atomic E-state index is 0.205. The van der Waals surface area contributed by atoms with Crippen molar-refractivity contribution in [2.75, 3.05) is 0 Å². The highest BCUT2D eigenvalue weighted by Gasteiger charge is 2.16. The molecule has 0 aliphatic heterocycles. The molecule has 0 saturated heterocycles. The molecule has 0 N–H and O–H groups in total. The lowest BCUT2D eigenvalue weighted by Crippen LogP contribution is -1.85. The van der Waals surface area contributed by atoms with Gasteiger partial charge in [0.15, 0.2) is 0 Å². The van der Waals surface area contributed by atoms with Crippen LogP contribution in [0.15, 0.2) is 33.8 Å². The molecule has 0 spiro atoms. The van der Waals surface area contributed by atoms with Crippen molar-refractivity contribution in [3.8, 4) is 0 Å². The Labute approximate surface area is 85.7 Å². The number of rotatable bonds is 1. The van der Waals surface area contributed by atoms with Crippen molar-refractivity contribution in [1.29, 1.82) is 0 Å². The van der Waals surface area contributed by atoms with Crippen molar-refractivity contribution in [3.05, 3.63) is 29.8 Å². The lowest BCUT2D eigenvalue weighted by Gasteiger charge is -1.91. The van der Waals surface area contributed by atoms with Crippen LogP contribution in [0.2, 0.25) is 0 Å². The molecule has 0 saturated carbocycles. The van der Waals surface area contributed by atoms with E-state index in [1.165, 1.54) is 6.07 Å². The maximum atomic E-state index is 11.0. The minimum Gasteiger partial charge on any atom is -0.443 e. The Bertz CT molecular complexity index is 583. The van der Waals surface area contributed by atoms with Crippen LogP contribution < -0.4 is 0 Å². The summed E-state index contributed by atoms with van der Waals surface area (Å²) in [7, 11) is 1.38. The summed E-state index contributed by atoms with van der Waals surface area (Å²) in [5, 5.41) is 0.535. The van der Waals surface area contributed by atoms with Gasteiger partial charge < -0.3 is 4.42 Å². The molecule has 1 aromatic carbocycles. The van der Waals surface area contributed by atoms with Crippen LogP contribution in [0.1, 0.15) is 5.56 Å². The molecule has 0 bridgehead atoms. The van der Waals surface area contributed by atoms with Crippen molar-refractivity contribution >= 4 is 30.7 Å². The average Bonchev–Trinajstić information content (AvgIpc) is 2.48. The van der Waals surface area contributed by atoms with E-state index in [0.717, 1.165) is 10.9 Å². The van der Waals surface area contributed by atoms with E-state index in [1.54, 1.807) is 6.07 Å². The van der Waals surface area contributed by atoms with Gasteiger partial charge in [-0.1, -0.05) is 18.2 Å². The van der Waals surface area contributed by atoms with Gasteiger partial charge in [-0.25, -0.2) is 8.42 Å². The van der Waals surface area contributed by atoms with Gasteiger partial charge in [-0.15, -0.1) is 0 Å². The van der Waals surface area contributed by atoms with E-state index < -0.39 is 9.05 Å². The van der Waals surface area contributed by atoms with Gasteiger partial charge in [-0.3, -0.25) is 0 Å². The lowest BCUT2D eigenvalue weighted by molar-refractivity contribution is 0.487. The number of furan rings is 1. The van der Waals surface area contributed by atoms with Gasteiger partial charge in [0.25, 0.3) is 9.05 Å². The zero-order chi connectivity index (χ0) is 10.3. The van der Waals surface area contributed by atoms with Crippen molar-refractivity contribution in [2.45, 2.75) is 12.0 Å². The predicted molar refractivity (Wildman–Crippen MR) is 54.0 cm³/mol. The molecule has 0 atom stereocenters. The van der Waals surface area contributed by atoms with Crippen LogP contribution in [0.3, 0.4) is 0 Å². The molecule has 0 radical (unpaired) electrons. The standard InChI is InChI=1S/C9H7ClO3S/c1-6-3-2-4-7-5-8(13-9(6)7)14(10,11)12/h2-5H,1H3. The number of para-hydroxylation sites is 1. The van der Waals surface area contributed by atoms with Crippen LogP contribution in [-0.2, 0) is 9.05 Å². The zero-order valence-corrected chi connectivity index (χ0v) is 8.89. The van der Waals surface area contributed by atoms with E-state index in [2.05, 4.69) is 0 Å². The molecule has 2 rings (SSSR count). The zero-order valence-electron chi connectivity index (χ0n) is 7.32. The van der Waals surface area contributed by atoms with E-state index in [1.807, 2.05) is 19.1 Å². The Hall–Kier alpha value is -1.000. The number of aryl methyl sites for hydroxylation is 1. The fourth-order valence-corrected chi connectivity index (χ4v) is 1.98. The first-order valence-corrected chi connectivity index (χ1v) is 6.23. The van der Waals surface area contributed by atoms with Crippen molar-refractivity contribution in [2.24, 2.45) is 0 Å². The van der Waals surface area contributed by atoms with E-state index in [-0.39, 0.29) is 5.09 Å². The molecule has 1 heterocycles. The third-order valence-electron chi connectivity index (χ3n) is 1.96. The Morgan fingerprint density at radius 3 is 2.64 bits per heavy atom. The molecule has 0 unspecified atom stereocenters. The molecule has 0 fully saturated rings. The highest BCUT2D eigenvalue weighted by atomic mass is 35.7. The van der Waals surface area contributed by atoms with Crippen LogP contribution in [0.4, 0.5) is 0 Å². The summed E-state index contributed by atoms with van der Waals surface area (Å²) in [5.41, 5.74) is 1.45. The maximum absolute atomic E-state index is 11.0. The molecule has 0 amide bonds. The van der Waals surface area contributed by atoms with Crippen LogP contribution in [0, 0.1) is 6.92 Å². The lowest BCUT2D eigenvalue weighted by atomic mass is 10.2. The van der Waals surface area contributed by atoms with Gasteiger partial charge in [-0.05, 0) is 12.5 Å². The second kappa shape index (κ2) is 3.00. The van der Waals surface area contributed by atoms with Crippen molar-refractivity contribution in [3.63, 3.8) is 0 Å². The van der Waals surface area contributed by atoms with E-state index in [4.69, 9.17) is 15.1 Å². The highest BCUT2D eigenvalue weighted by molar-refractivity contribution is 8.13. The number of benzene rings is 1. The fourth-order valence-electron chi connectivity index (χ4n) is 1.31. The molecule has 74 valence electrons. The first-order valence-electron chi connectivity index (χ1n) is 3.92. The second-order valence-electron chi connectivity index (χ2n) is 3.00. The van der Waals surface area contributed by atoms with Crippen LogP contribution in [-0.4, -0.2) is 8.42 Å². The molecular weight excluding hydrogens is 224 g/mol. The van der Waals surface area contributed by atoms with Crippen LogP contribution in [0.5, 0.6) is 0 Å². The smallest absolute Gasteiger partial charge is 0.294 e. The van der Waals surface area contributed by atoms with Gasteiger partial charge in [0, 0.05) is 22.1 Å². The number of hydrogen-bond acceptors (Lipinski definition) is 3. The summed E-state index contributed by atoms with van der Waals surface area (Å²) in [6.45, 7) is 1.84. The largest absolute Gasteiger partial charge is 0.443 e. The summed E-state index contributed by atoms with van der Waals surface area (Å²) in [6, 6.07) is 6.87. The van der Waals surface area contributed by atoms with Gasteiger partial charge in [0.1, 0.15) is 5.58 Å². The summed E-state index contributed by atoms with van der Waals surface area (Å²) in [6.07, 6.45) is 0. The van der Waals surface area contributed by atoms with E-state index in [0.29, 0.717) is 5.58 Å². The first kappa shape index (κ1) is 9.55. The van der Waals surface area contributed by atoms with E-state index in [9.17, 15) is 8.42 Å². The first-order chi connectivity index (χ1) is 6.48. The Morgan fingerprint density at radius 1 is 1.36 bits per heavy atom. The van der Waals surface area contributed by atoms with Gasteiger partial charge in [0.05, 0.1) is 0 Å². The Balaban J connectivity index is 2.81. The monoisotopic (exact) mass is 230 g/mol. The molecule has 5 heteroatoms. The third-order valence-corrected chi connectivity index (χ3v) is 3.10. The Kier molecular flexibility index (Phi) is 2.05. The summed E-state index contributed by atoms with van der Waals surface area (Å²) in [4.78, 5) is 0. The SMILES string of the molecule is Cc1cccc2cc(S(=O)(=O)Cl)oc12. The van der Waals surface area contributed by atoms with Crippen LogP contribution >= 0.6 is 10.7 Å². The van der Waals surface area contributed by atoms with Crippen molar-refractivity contribution in [1.82, 2.24) is 0 Å². The van der Waals surface area contributed by atoms with E-state index >= 15 is 0 Å². The topological polar surface area (TPSA) is 47.3 Å². The van der Waals surface area contributed by atoms with Crippen molar-refractivity contribution < 1.29 is 12.8 Å². The van der Waals surface area contributed by atoms with Gasteiger partial charge in [0.2, 0.25) is 5.09 Å². The summed E-state index contributed by atoms with van der Waals surface area (Å²) < 4.78 is 27.1. The average molecular weight is 231 g/mol. The maximum Gasteiger partial charge on any atom is 0.294 e. The van der Waals surface area contributed by atoms with Crippen LogP contribution in [0.25, 0.3) is 11.0 Å². The Morgan fingerprint density at radius 2 is 2.07 bits per heavy atom. The number of hydrogen-bond donors (Lipinski definition) is 0. The summed E-state index contributed by atoms with van der Waals surface area (Å²) in [5.74, 6) is 0. The number of fused-ring (bicyclic) bond motifs is 1. The second-order valence-corrected chi connectivity index (χ2v) is 5.49. The number of halogens is 1. The normalized spacial score (nSPS) is 12.1.